The number of thiophene rings is 1. The predicted molar refractivity (Wildman–Crippen MR) is 105 cm³/mol. The summed E-state index contributed by atoms with van der Waals surface area (Å²) in [7, 11) is 0. The standard InChI is InChI=1S/C19H16S.C2H6.CH3.Y/c1-2-18-19-16-10-6-4-8-14(16)11-13-7-3-5-9-15(13)17(19)12-20-18;1-2;;/h3-10,12H,2,11H2,1H3;1-2H3;1H3;/q;;-1;. The molecular weight excluding hydrogens is 385 g/mol. The Kier molecular flexibility index (Phi) is 8.56. The Morgan fingerprint density at radius 1 is 0.833 bits per heavy atom. The van der Waals surface area contributed by atoms with Gasteiger partial charge in [0.2, 0.25) is 0 Å². The maximum Gasteiger partial charge on any atom is 0.0127 e. The molecule has 0 spiro atoms. The molecule has 4 rings (SSSR count). The van der Waals surface area contributed by atoms with Gasteiger partial charge in [0.1, 0.15) is 0 Å². The number of rotatable bonds is 1. The number of fused-ring (bicyclic) bond motifs is 5. The zero-order valence-corrected chi connectivity index (χ0v) is 18.8. The number of hydrogen-bond donors (Lipinski definition) is 0. The van der Waals surface area contributed by atoms with Gasteiger partial charge in [0.05, 0.1) is 0 Å². The van der Waals surface area contributed by atoms with Gasteiger partial charge >= 0.3 is 0 Å². The second kappa shape index (κ2) is 9.66. The molecule has 1 aromatic heterocycles. The van der Waals surface area contributed by atoms with E-state index < -0.39 is 0 Å². The van der Waals surface area contributed by atoms with E-state index in [0.29, 0.717) is 0 Å². The van der Waals surface area contributed by atoms with E-state index in [1.165, 1.54) is 38.3 Å². The summed E-state index contributed by atoms with van der Waals surface area (Å²) in [6.07, 6.45) is 2.14. The molecule has 24 heavy (non-hydrogen) atoms. The average molecular weight is 410 g/mol. The van der Waals surface area contributed by atoms with Crippen LogP contribution < -0.4 is 0 Å². The molecule has 0 saturated heterocycles. The van der Waals surface area contributed by atoms with Crippen LogP contribution in [0.15, 0.2) is 53.9 Å². The Bertz CT molecular complexity index is 786. The molecule has 1 heterocycles. The number of hydrogen-bond acceptors (Lipinski definition) is 1. The van der Waals surface area contributed by atoms with Gasteiger partial charge in [-0.05, 0) is 40.5 Å². The maximum absolute atomic E-state index is 2.34. The molecule has 0 aliphatic heterocycles. The van der Waals surface area contributed by atoms with Crippen LogP contribution in [0.3, 0.4) is 0 Å². The van der Waals surface area contributed by atoms with E-state index in [0.717, 1.165) is 12.8 Å². The largest absolute Gasteiger partial charge is 0.358 e. The molecular formula is C22H25SY-. The molecule has 1 radical (unpaired) electrons. The summed E-state index contributed by atoms with van der Waals surface area (Å²) in [5.41, 5.74) is 8.63. The molecule has 0 amide bonds. The van der Waals surface area contributed by atoms with Crippen LogP contribution in [-0.2, 0) is 45.6 Å². The second-order valence-electron chi connectivity index (χ2n) is 5.29. The molecule has 0 N–H and O–H groups in total. The summed E-state index contributed by atoms with van der Waals surface area (Å²) in [4.78, 5) is 1.50. The second-order valence-corrected chi connectivity index (χ2v) is 6.26. The predicted octanol–water partition coefficient (Wildman–Crippen LogP) is 7.02. The minimum Gasteiger partial charge on any atom is -0.358 e. The van der Waals surface area contributed by atoms with Crippen molar-refractivity contribution in [3.63, 3.8) is 0 Å². The van der Waals surface area contributed by atoms with E-state index in [9.17, 15) is 0 Å². The fraction of sp³-hybridized carbons (Fsp3) is 0.227. The summed E-state index contributed by atoms with van der Waals surface area (Å²) in [5.74, 6) is 0. The van der Waals surface area contributed by atoms with E-state index in [4.69, 9.17) is 0 Å². The van der Waals surface area contributed by atoms with Crippen molar-refractivity contribution in [3.05, 3.63) is 77.3 Å². The monoisotopic (exact) mass is 410 g/mol. The third-order valence-corrected chi connectivity index (χ3v) is 5.29. The summed E-state index contributed by atoms with van der Waals surface area (Å²) in [5, 5.41) is 2.34. The Hall–Kier alpha value is -0.756. The molecule has 0 atom stereocenters. The first-order chi connectivity index (χ1) is 10.9. The molecule has 123 valence electrons. The van der Waals surface area contributed by atoms with Crippen LogP contribution in [0.5, 0.6) is 0 Å². The van der Waals surface area contributed by atoms with Crippen LogP contribution in [0.4, 0.5) is 0 Å². The topological polar surface area (TPSA) is 0 Å². The van der Waals surface area contributed by atoms with Crippen LogP contribution in [0.1, 0.15) is 36.8 Å². The summed E-state index contributed by atoms with van der Waals surface area (Å²) in [6, 6.07) is 17.7. The third-order valence-electron chi connectivity index (χ3n) is 4.16. The zero-order chi connectivity index (χ0) is 15.5. The Morgan fingerprint density at radius 2 is 1.38 bits per heavy atom. The van der Waals surface area contributed by atoms with E-state index in [2.05, 4.69) is 60.8 Å². The molecule has 2 heteroatoms. The Balaban J connectivity index is 0.000000695. The fourth-order valence-electron chi connectivity index (χ4n) is 3.21. The SMILES string of the molecule is CC.CCc1scc2c1-c1ccccc1Cc1ccccc1-2.[CH3-].[Y]. The van der Waals surface area contributed by atoms with Gasteiger partial charge in [-0.25, -0.2) is 0 Å². The van der Waals surface area contributed by atoms with Crippen molar-refractivity contribution in [3.8, 4) is 22.3 Å². The van der Waals surface area contributed by atoms with Gasteiger partial charge in [-0.1, -0.05) is 69.3 Å². The zero-order valence-electron chi connectivity index (χ0n) is 15.1. The van der Waals surface area contributed by atoms with Gasteiger partial charge < -0.3 is 7.43 Å². The van der Waals surface area contributed by atoms with Gasteiger partial charge in [-0.15, -0.1) is 11.3 Å². The van der Waals surface area contributed by atoms with Gasteiger partial charge in [0, 0.05) is 48.7 Å². The minimum atomic E-state index is 0. The molecule has 1 aliphatic rings. The van der Waals surface area contributed by atoms with Crippen molar-refractivity contribution in [2.75, 3.05) is 0 Å². The van der Waals surface area contributed by atoms with E-state index in [-0.39, 0.29) is 40.1 Å². The molecule has 1 aliphatic carbocycles. The number of aryl methyl sites for hydroxylation is 1. The van der Waals surface area contributed by atoms with Crippen LogP contribution >= 0.6 is 11.3 Å². The average Bonchev–Trinajstić information content (AvgIpc) is 2.95. The Morgan fingerprint density at radius 3 is 2.00 bits per heavy atom. The van der Waals surface area contributed by atoms with Crippen LogP contribution in [-0.4, -0.2) is 0 Å². The first-order valence-corrected chi connectivity index (χ1v) is 9.03. The van der Waals surface area contributed by atoms with Gasteiger partial charge in [-0.2, -0.15) is 0 Å². The van der Waals surface area contributed by atoms with Crippen molar-refractivity contribution in [2.45, 2.75) is 33.6 Å². The van der Waals surface area contributed by atoms with Gasteiger partial charge in [-0.3, -0.25) is 0 Å². The van der Waals surface area contributed by atoms with Crippen LogP contribution in [0.2, 0.25) is 0 Å². The smallest absolute Gasteiger partial charge is 0.0127 e. The van der Waals surface area contributed by atoms with Crippen LogP contribution in [0.25, 0.3) is 22.3 Å². The first kappa shape index (κ1) is 21.3. The molecule has 0 bridgehead atoms. The number of benzene rings is 2. The summed E-state index contributed by atoms with van der Waals surface area (Å²) < 4.78 is 0. The third kappa shape index (κ3) is 3.74. The molecule has 0 saturated carbocycles. The normalized spacial score (nSPS) is 10.5. The van der Waals surface area contributed by atoms with Crippen LogP contribution in [0, 0.1) is 7.43 Å². The summed E-state index contributed by atoms with van der Waals surface area (Å²) in [6.45, 7) is 6.26. The molecule has 0 unspecified atom stereocenters. The minimum absolute atomic E-state index is 0. The maximum atomic E-state index is 2.34. The first-order valence-electron chi connectivity index (χ1n) is 8.15. The van der Waals surface area contributed by atoms with Gasteiger partial charge in [0.25, 0.3) is 0 Å². The van der Waals surface area contributed by atoms with Crippen molar-refractivity contribution in [1.29, 1.82) is 0 Å². The van der Waals surface area contributed by atoms with Gasteiger partial charge in [0.15, 0.2) is 0 Å². The Labute approximate surface area is 176 Å². The molecule has 0 fully saturated rings. The molecule has 2 aromatic carbocycles. The van der Waals surface area contributed by atoms with Crippen molar-refractivity contribution in [2.24, 2.45) is 0 Å². The van der Waals surface area contributed by atoms with Crippen molar-refractivity contribution in [1.82, 2.24) is 0 Å². The fourth-order valence-corrected chi connectivity index (χ4v) is 4.22. The molecule has 0 nitrogen and oxygen atoms in total. The van der Waals surface area contributed by atoms with E-state index in [1.807, 2.05) is 25.2 Å². The quantitative estimate of drug-likeness (QED) is 0.296. The summed E-state index contributed by atoms with van der Waals surface area (Å²) >= 11 is 1.90. The molecule has 3 aromatic rings. The van der Waals surface area contributed by atoms with E-state index >= 15 is 0 Å². The van der Waals surface area contributed by atoms with E-state index in [1.54, 1.807) is 0 Å². The van der Waals surface area contributed by atoms with Crippen molar-refractivity contribution >= 4 is 11.3 Å². The van der Waals surface area contributed by atoms with Crippen molar-refractivity contribution < 1.29 is 32.7 Å².